The number of hydrogen-bond donors (Lipinski definition) is 1. The monoisotopic (exact) mass is 247 g/mol. The third-order valence-electron chi connectivity index (χ3n) is 3.12. The molecule has 2 aromatic heterocycles. The Kier molecular flexibility index (Phi) is 2.71. The molecule has 0 aromatic carbocycles. The summed E-state index contributed by atoms with van der Waals surface area (Å²) in [5.74, 6) is -0.166. The smallest absolute Gasteiger partial charge is 0.354 e. The van der Waals surface area contributed by atoms with Crippen molar-refractivity contribution in [1.29, 1.82) is 0 Å². The fourth-order valence-electron chi connectivity index (χ4n) is 2.20. The highest BCUT2D eigenvalue weighted by molar-refractivity contribution is 5.86. The third kappa shape index (κ3) is 1.84. The van der Waals surface area contributed by atoms with Gasteiger partial charge in [0.2, 0.25) is 0 Å². The maximum atomic E-state index is 11.1. The molecular formula is C12H13N3O3. The summed E-state index contributed by atoms with van der Waals surface area (Å²) < 4.78 is 6.79. The van der Waals surface area contributed by atoms with Crippen molar-refractivity contribution in [3.8, 4) is 0 Å². The van der Waals surface area contributed by atoms with Gasteiger partial charge in [-0.15, -0.1) is 0 Å². The fourth-order valence-corrected chi connectivity index (χ4v) is 2.20. The van der Waals surface area contributed by atoms with Crippen LogP contribution in [0.1, 0.15) is 35.1 Å². The third-order valence-corrected chi connectivity index (χ3v) is 3.12. The highest BCUT2D eigenvalue weighted by Gasteiger charge is 2.21. The van der Waals surface area contributed by atoms with Gasteiger partial charge in [-0.3, -0.25) is 0 Å². The predicted octanol–water partition coefficient (Wildman–Crippen LogP) is 1.32. The second-order valence-electron chi connectivity index (χ2n) is 4.37. The molecule has 6 nitrogen and oxygen atoms in total. The number of carbonyl (C=O) groups is 1. The topological polar surface area (TPSA) is 76.7 Å². The molecule has 0 aliphatic carbocycles. The van der Waals surface area contributed by atoms with Gasteiger partial charge in [-0.1, -0.05) is 6.07 Å². The molecule has 2 aromatic rings. The van der Waals surface area contributed by atoms with Crippen LogP contribution in [0.25, 0.3) is 5.65 Å². The van der Waals surface area contributed by atoms with Gasteiger partial charge in [-0.2, -0.15) is 5.10 Å². The van der Waals surface area contributed by atoms with E-state index in [4.69, 9.17) is 9.84 Å². The Morgan fingerprint density at radius 3 is 3.11 bits per heavy atom. The van der Waals surface area contributed by atoms with Gasteiger partial charge >= 0.3 is 5.97 Å². The lowest BCUT2D eigenvalue weighted by Gasteiger charge is -2.18. The lowest BCUT2D eigenvalue weighted by molar-refractivity contribution is 0.0687. The van der Waals surface area contributed by atoms with E-state index in [2.05, 4.69) is 10.1 Å². The average molecular weight is 247 g/mol. The fraction of sp³-hybridized carbons (Fsp3) is 0.417. The van der Waals surface area contributed by atoms with Crippen molar-refractivity contribution in [2.45, 2.75) is 18.8 Å². The van der Waals surface area contributed by atoms with Crippen molar-refractivity contribution in [1.82, 2.24) is 14.6 Å². The van der Waals surface area contributed by atoms with Crippen molar-refractivity contribution in [2.75, 3.05) is 13.2 Å². The molecule has 0 saturated carbocycles. The Balaban J connectivity index is 2.04. The molecule has 1 aliphatic heterocycles. The number of ether oxygens (including phenoxy) is 1. The van der Waals surface area contributed by atoms with Crippen molar-refractivity contribution in [3.05, 3.63) is 29.7 Å². The molecule has 0 bridgehead atoms. The Morgan fingerprint density at radius 1 is 1.50 bits per heavy atom. The summed E-state index contributed by atoms with van der Waals surface area (Å²) in [5, 5.41) is 13.4. The summed E-state index contributed by atoms with van der Waals surface area (Å²) in [6, 6.07) is 4.95. The van der Waals surface area contributed by atoms with Crippen LogP contribution < -0.4 is 0 Å². The molecule has 1 N–H and O–H groups in total. The van der Waals surface area contributed by atoms with Gasteiger partial charge in [0.1, 0.15) is 0 Å². The molecular weight excluding hydrogens is 234 g/mol. The summed E-state index contributed by atoms with van der Waals surface area (Å²) in [6.07, 6.45) is 1.98. The first-order chi connectivity index (χ1) is 8.75. The van der Waals surface area contributed by atoms with Crippen LogP contribution in [0.4, 0.5) is 0 Å². The first-order valence-electron chi connectivity index (χ1n) is 5.92. The number of aromatic carboxylic acids is 1. The lowest BCUT2D eigenvalue weighted by Crippen LogP contribution is -2.17. The zero-order valence-corrected chi connectivity index (χ0v) is 9.74. The molecule has 18 heavy (non-hydrogen) atoms. The van der Waals surface area contributed by atoms with Crippen LogP contribution in [0.5, 0.6) is 0 Å². The molecule has 1 unspecified atom stereocenters. The van der Waals surface area contributed by atoms with E-state index >= 15 is 0 Å². The molecule has 0 radical (unpaired) electrons. The molecule has 1 fully saturated rings. The summed E-state index contributed by atoms with van der Waals surface area (Å²) in [4.78, 5) is 15.5. The minimum Gasteiger partial charge on any atom is -0.477 e. The largest absolute Gasteiger partial charge is 0.477 e. The molecule has 1 atom stereocenters. The van der Waals surface area contributed by atoms with E-state index in [1.165, 1.54) is 10.6 Å². The molecule has 1 aliphatic rings. The maximum Gasteiger partial charge on any atom is 0.354 e. The number of carboxylic acids is 1. The molecule has 3 heterocycles. The SMILES string of the molecule is O=C(O)c1cccc2nc(C3CCCOC3)nn12. The molecule has 1 saturated heterocycles. The van der Waals surface area contributed by atoms with Crippen LogP contribution in [0.2, 0.25) is 0 Å². The van der Waals surface area contributed by atoms with E-state index in [-0.39, 0.29) is 11.6 Å². The summed E-state index contributed by atoms with van der Waals surface area (Å²) in [7, 11) is 0. The standard InChI is InChI=1S/C12H13N3O3/c16-12(17)9-4-1-5-10-13-11(14-15(9)10)8-3-2-6-18-7-8/h1,4-5,8H,2-3,6-7H2,(H,16,17). The van der Waals surface area contributed by atoms with Gasteiger partial charge in [-0.25, -0.2) is 14.3 Å². The van der Waals surface area contributed by atoms with Gasteiger partial charge < -0.3 is 9.84 Å². The first kappa shape index (κ1) is 11.2. The van der Waals surface area contributed by atoms with Crippen molar-refractivity contribution in [2.24, 2.45) is 0 Å². The Hall–Kier alpha value is -1.95. The summed E-state index contributed by atoms with van der Waals surface area (Å²) in [6.45, 7) is 1.39. The average Bonchev–Trinajstić information content (AvgIpc) is 2.83. The van der Waals surface area contributed by atoms with Gasteiger partial charge in [-0.05, 0) is 25.0 Å². The first-order valence-corrected chi connectivity index (χ1v) is 5.92. The number of nitrogens with zero attached hydrogens (tertiary/aromatic N) is 3. The van der Waals surface area contributed by atoms with Crippen LogP contribution >= 0.6 is 0 Å². The number of aromatic nitrogens is 3. The highest BCUT2D eigenvalue weighted by atomic mass is 16.5. The van der Waals surface area contributed by atoms with Crippen LogP contribution in [0, 0.1) is 0 Å². The second kappa shape index (κ2) is 4.38. The van der Waals surface area contributed by atoms with Gasteiger partial charge in [0, 0.05) is 12.5 Å². The molecule has 0 amide bonds. The number of rotatable bonds is 2. The minimum atomic E-state index is -1.00. The van der Waals surface area contributed by atoms with E-state index in [1.807, 2.05) is 0 Å². The molecule has 0 spiro atoms. The van der Waals surface area contributed by atoms with E-state index in [9.17, 15) is 4.79 Å². The van der Waals surface area contributed by atoms with E-state index < -0.39 is 5.97 Å². The van der Waals surface area contributed by atoms with Crippen molar-refractivity contribution in [3.63, 3.8) is 0 Å². The van der Waals surface area contributed by atoms with Gasteiger partial charge in [0.15, 0.2) is 17.2 Å². The highest BCUT2D eigenvalue weighted by Crippen LogP contribution is 2.23. The van der Waals surface area contributed by atoms with Crippen molar-refractivity contribution >= 4 is 11.6 Å². The maximum absolute atomic E-state index is 11.1. The predicted molar refractivity (Wildman–Crippen MR) is 62.7 cm³/mol. The summed E-state index contributed by atoms with van der Waals surface area (Å²) >= 11 is 0. The van der Waals surface area contributed by atoms with Gasteiger partial charge in [0.25, 0.3) is 0 Å². The molecule has 94 valence electrons. The van der Waals surface area contributed by atoms with Crippen LogP contribution in [0.3, 0.4) is 0 Å². The number of fused-ring (bicyclic) bond motifs is 1. The number of carboxylic acid groups (broad SMARTS) is 1. The van der Waals surface area contributed by atoms with Crippen LogP contribution in [-0.2, 0) is 4.74 Å². The Morgan fingerprint density at radius 2 is 2.39 bits per heavy atom. The quantitative estimate of drug-likeness (QED) is 0.866. The summed E-state index contributed by atoms with van der Waals surface area (Å²) in [5.41, 5.74) is 0.693. The zero-order valence-electron chi connectivity index (χ0n) is 9.74. The van der Waals surface area contributed by atoms with Crippen LogP contribution in [-0.4, -0.2) is 38.9 Å². The molecule has 6 heteroatoms. The van der Waals surface area contributed by atoms with Crippen molar-refractivity contribution < 1.29 is 14.6 Å². The van der Waals surface area contributed by atoms with E-state index in [0.29, 0.717) is 18.1 Å². The minimum absolute atomic E-state index is 0.128. The Bertz CT molecular complexity index is 587. The number of pyridine rings is 1. The van der Waals surface area contributed by atoms with E-state index in [0.717, 1.165) is 19.4 Å². The zero-order chi connectivity index (χ0) is 12.5. The Labute approximate surface area is 103 Å². The second-order valence-corrected chi connectivity index (χ2v) is 4.37. The van der Waals surface area contributed by atoms with E-state index in [1.54, 1.807) is 12.1 Å². The normalized spacial score (nSPS) is 20.1. The van der Waals surface area contributed by atoms with Gasteiger partial charge in [0.05, 0.1) is 6.61 Å². The molecule has 3 rings (SSSR count). The van der Waals surface area contributed by atoms with Crippen LogP contribution in [0.15, 0.2) is 18.2 Å². The number of hydrogen-bond acceptors (Lipinski definition) is 4. The lowest BCUT2D eigenvalue weighted by atomic mass is 10.0.